The molecule has 4 heterocycles. The topological polar surface area (TPSA) is 94.7 Å². The Hall–Kier alpha value is -3.50. The van der Waals surface area contributed by atoms with E-state index in [0.29, 0.717) is 27.4 Å². The molecule has 0 fully saturated rings. The lowest BCUT2D eigenvalue weighted by atomic mass is 10.1. The van der Waals surface area contributed by atoms with Crippen molar-refractivity contribution in [1.82, 2.24) is 24.3 Å². The van der Waals surface area contributed by atoms with Crippen molar-refractivity contribution in [2.75, 3.05) is 11.1 Å². The summed E-state index contributed by atoms with van der Waals surface area (Å²) in [6.45, 7) is 2.81. The number of aryl methyl sites for hydroxylation is 1. The number of nitrogens with one attached hydrogen (secondary N) is 1. The summed E-state index contributed by atoms with van der Waals surface area (Å²) >= 11 is 2.84. The molecule has 0 aliphatic carbocycles. The number of para-hydroxylation sites is 1. The molecule has 0 saturated carbocycles. The number of aromatic nitrogens is 5. The fraction of sp³-hybridized carbons (Fsp3) is 0.269. The normalized spacial score (nSPS) is 13.6. The molecule has 0 unspecified atom stereocenters. The highest BCUT2D eigenvalue weighted by Crippen LogP contribution is 2.31. The predicted octanol–water partition coefficient (Wildman–Crippen LogP) is 4.91. The first kappa shape index (κ1) is 22.9. The summed E-state index contributed by atoms with van der Waals surface area (Å²) in [6.07, 6.45) is 3.90. The molecular formula is C26H24N6O2S2. The van der Waals surface area contributed by atoms with Gasteiger partial charge in [-0.2, -0.15) is 4.68 Å². The van der Waals surface area contributed by atoms with Gasteiger partial charge in [-0.3, -0.25) is 9.59 Å². The molecule has 1 N–H and O–H groups in total. The van der Waals surface area contributed by atoms with E-state index in [0.717, 1.165) is 53.7 Å². The molecule has 3 aliphatic rings. The SMILES string of the molecule is Cc1ccc2nc(NC(=O)CSc3nc4nn(-c5ccccc5)c(=O)c-4c4n3CCCCC4)sc2c1. The highest BCUT2D eigenvalue weighted by atomic mass is 32.2. The van der Waals surface area contributed by atoms with Crippen LogP contribution in [0.15, 0.2) is 58.5 Å². The van der Waals surface area contributed by atoms with Gasteiger partial charge < -0.3 is 9.88 Å². The van der Waals surface area contributed by atoms with Crippen molar-refractivity contribution in [1.29, 1.82) is 0 Å². The molecule has 3 aliphatic heterocycles. The van der Waals surface area contributed by atoms with E-state index in [1.165, 1.54) is 27.8 Å². The van der Waals surface area contributed by atoms with Gasteiger partial charge in [-0.1, -0.05) is 53.8 Å². The van der Waals surface area contributed by atoms with Gasteiger partial charge in [-0.15, -0.1) is 5.10 Å². The fourth-order valence-corrected chi connectivity index (χ4v) is 6.40. The summed E-state index contributed by atoms with van der Waals surface area (Å²) in [5.41, 5.74) is 4.16. The van der Waals surface area contributed by atoms with Crippen molar-refractivity contribution in [2.45, 2.75) is 44.3 Å². The van der Waals surface area contributed by atoms with Crippen molar-refractivity contribution >= 4 is 44.4 Å². The van der Waals surface area contributed by atoms with E-state index in [1.54, 1.807) is 0 Å². The fourth-order valence-electron chi connectivity index (χ4n) is 4.58. The van der Waals surface area contributed by atoms with Crippen LogP contribution in [0, 0.1) is 6.92 Å². The first-order chi connectivity index (χ1) is 17.6. The molecule has 6 rings (SSSR count). The van der Waals surface area contributed by atoms with Crippen LogP contribution in [0.4, 0.5) is 5.13 Å². The maximum Gasteiger partial charge on any atom is 0.284 e. The molecule has 36 heavy (non-hydrogen) atoms. The summed E-state index contributed by atoms with van der Waals surface area (Å²) in [6, 6.07) is 15.5. The third-order valence-electron chi connectivity index (χ3n) is 6.29. The molecule has 0 radical (unpaired) electrons. The van der Waals surface area contributed by atoms with Gasteiger partial charge in [-0.25, -0.2) is 9.97 Å². The summed E-state index contributed by atoms with van der Waals surface area (Å²) in [5.74, 6) is 0.484. The number of hydrogen-bond donors (Lipinski definition) is 1. The lowest BCUT2D eigenvalue weighted by Gasteiger charge is -2.17. The van der Waals surface area contributed by atoms with Crippen LogP contribution in [0.3, 0.4) is 0 Å². The van der Waals surface area contributed by atoms with Gasteiger partial charge in [-0.05, 0) is 56.0 Å². The van der Waals surface area contributed by atoms with Gasteiger partial charge in [0.25, 0.3) is 5.56 Å². The number of carbonyl (C=O) groups is 1. The van der Waals surface area contributed by atoms with Gasteiger partial charge in [0.15, 0.2) is 16.1 Å². The van der Waals surface area contributed by atoms with E-state index < -0.39 is 0 Å². The Morgan fingerprint density at radius 2 is 1.97 bits per heavy atom. The number of rotatable bonds is 5. The van der Waals surface area contributed by atoms with Crippen molar-refractivity contribution in [3.8, 4) is 17.1 Å². The minimum Gasteiger partial charge on any atom is -0.324 e. The maximum absolute atomic E-state index is 13.4. The second kappa shape index (κ2) is 9.51. The Bertz CT molecular complexity index is 1600. The summed E-state index contributed by atoms with van der Waals surface area (Å²) in [4.78, 5) is 35.4. The number of nitrogens with zero attached hydrogens (tertiary/aromatic N) is 5. The third kappa shape index (κ3) is 4.31. The van der Waals surface area contributed by atoms with Crippen LogP contribution in [-0.4, -0.2) is 36.0 Å². The standard InChI is InChI=1S/C26H24N6O2S2/c1-16-11-12-18-20(14-16)36-25(27-18)28-21(33)15-35-26-29-23-22(19-10-6-3-7-13-31(19)26)24(34)32(30-23)17-8-4-2-5-9-17/h2,4-5,8-9,11-12,14H,3,6-7,10,13,15H2,1H3,(H,27,28,33). The van der Waals surface area contributed by atoms with Crippen molar-refractivity contribution in [2.24, 2.45) is 0 Å². The lowest BCUT2D eigenvalue weighted by Crippen LogP contribution is -2.20. The van der Waals surface area contributed by atoms with Gasteiger partial charge in [0.05, 0.1) is 21.7 Å². The Morgan fingerprint density at radius 3 is 2.83 bits per heavy atom. The highest BCUT2D eigenvalue weighted by molar-refractivity contribution is 7.99. The number of carbonyl (C=O) groups excluding carboxylic acids is 1. The van der Waals surface area contributed by atoms with Crippen molar-refractivity contribution < 1.29 is 4.79 Å². The molecule has 182 valence electrons. The summed E-state index contributed by atoms with van der Waals surface area (Å²) in [5, 5.41) is 8.80. The van der Waals surface area contributed by atoms with Gasteiger partial charge in [0.1, 0.15) is 5.56 Å². The second-order valence-corrected chi connectivity index (χ2v) is 10.9. The number of hydrogen-bond acceptors (Lipinski definition) is 7. The first-order valence-corrected chi connectivity index (χ1v) is 13.7. The average Bonchev–Trinajstić information content (AvgIpc) is 3.32. The Labute approximate surface area is 215 Å². The number of amides is 1. The van der Waals surface area contributed by atoms with Crippen LogP contribution >= 0.6 is 23.1 Å². The van der Waals surface area contributed by atoms with Gasteiger partial charge >= 0.3 is 0 Å². The van der Waals surface area contributed by atoms with E-state index in [-0.39, 0.29) is 17.2 Å². The van der Waals surface area contributed by atoms with Crippen LogP contribution in [0.1, 0.15) is 30.5 Å². The minimum atomic E-state index is -0.144. The smallest absolute Gasteiger partial charge is 0.284 e. The lowest BCUT2D eigenvalue weighted by molar-refractivity contribution is -0.113. The molecule has 2 aromatic carbocycles. The summed E-state index contributed by atoms with van der Waals surface area (Å²) in [7, 11) is 0. The van der Waals surface area contributed by atoms with Crippen molar-refractivity contribution in [3.05, 3.63) is 70.1 Å². The van der Waals surface area contributed by atoms with E-state index in [1.807, 2.05) is 49.4 Å². The number of thioether (sulfide) groups is 1. The molecule has 10 heteroatoms. The molecular weight excluding hydrogens is 492 g/mol. The summed E-state index contributed by atoms with van der Waals surface area (Å²) < 4.78 is 4.60. The quantitative estimate of drug-likeness (QED) is 0.264. The number of anilines is 1. The molecule has 0 bridgehead atoms. The molecule has 0 spiro atoms. The molecule has 3 aromatic rings. The second-order valence-electron chi connectivity index (χ2n) is 8.88. The number of thiazole rings is 1. The molecule has 8 nitrogen and oxygen atoms in total. The van der Waals surface area contributed by atoms with Crippen LogP contribution in [0.5, 0.6) is 0 Å². The van der Waals surface area contributed by atoms with E-state index in [2.05, 4.69) is 26.0 Å². The Balaban J connectivity index is 1.30. The predicted molar refractivity (Wildman–Crippen MR) is 144 cm³/mol. The van der Waals surface area contributed by atoms with Crippen LogP contribution < -0.4 is 10.9 Å². The van der Waals surface area contributed by atoms with E-state index in [9.17, 15) is 9.59 Å². The third-order valence-corrected chi connectivity index (χ3v) is 8.20. The van der Waals surface area contributed by atoms with Crippen LogP contribution in [0.25, 0.3) is 27.3 Å². The zero-order valence-corrected chi connectivity index (χ0v) is 21.4. The van der Waals surface area contributed by atoms with Gasteiger partial charge in [0.2, 0.25) is 5.91 Å². The number of benzene rings is 2. The van der Waals surface area contributed by atoms with E-state index >= 15 is 0 Å². The van der Waals surface area contributed by atoms with Crippen molar-refractivity contribution in [3.63, 3.8) is 0 Å². The highest BCUT2D eigenvalue weighted by Gasteiger charge is 2.27. The largest absolute Gasteiger partial charge is 0.324 e. The molecule has 0 atom stereocenters. The molecule has 0 saturated heterocycles. The molecule has 1 amide bonds. The van der Waals surface area contributed by atoms with Crippen LogP contribution in [0.2, 0.25) is 0 Å². The van der Waals surface area contributed by atoms with Gasteiger partial charge in [0, 0.05) is 12.2 Å². The molecule has 1 aromatic heterocycles. The average molecular weight is 517 g/mol. The monoisotopic (exact) mass is 516 g/mol. The Morgan fingerprint density at radius 1 is 1.11 bits per heavy atom. The zero-order chi connectivity index (χ0) is 24.6. The van der Waals surface area contributed by atoms with Crippen LogP contribution in [-0.2, 0) is 17.8 Å². The maximum atomic E-state index is 13.4. The minimum absolute atomic E-state index is 0.139. The first-order valence-electron chi connectivity index (χ1n) is 11.9. The Kier molecular flexibility index (Phi) is 6.06. The zero-order valence-electron chi connectivity index (χ0n) is 19.7. The van der Waals surface area contributed by atoms with E-state index in [4.69, 9.17) is 4.98 Å². The number of fused-ring (bicyclic) bond motifs is 4.